The standard InChI is InChI=1S/C15H12F3N3O5S/c16-15(17,18)10-5-6-14(19-7-10)26-11-8-20(9-11)27(24,25)13-4-2-1-3-12(13)21(22)23/h1-7,11H,8-9H2. The molecule has 3 rings (SSSR count). The van der Waals surface area contributed by atoms with Crippen molar-refractivity contribution in [2.45, 2.75) is 17.2 Å². The maximum absolute atomic E-state index is 12.5. The van der Waals surface area contributed by atoms with Crippen LogP contribution in [0.1, 0.15) is 5.56 Å². The number of para-hydroxylation sites is 1. The van der Waals surface area contributed by atoms with Crippen molar-refractivity contribution in [1.29, 1.82) is 0 Å². The third kappa shape index (κ3) is 3.85. The molecule has 27 heavy (non-hydrogen) atoms. The summed E-state index contributed by atoms with van der Waals surface area (Å²) in [5, 5.41) is 11.0. The van der Waals surface area contributed by atoms with E-state index in [4.69, 9.17) is 4.74 Å². The van der Waals surface area contributed by atoms with Crippen molar-refractivity contribution in [2.24, 2.45) is 0 Å². The van der Waals surface area contributed by atoms with Gasteiger partial charge in [0, 0.05) is 18.3 Å². The van der Waals surface area contributed by atoms with Crippen molar-refractivity contribution < 1.29 is 31.2 Å². The predicted octanol–water partition coefficient (Wildman–Crippen LogP) is 2.46. The molecule has 1 saturated heterocycles. The zero-order valence-corrected chi connectivity index (χ0v) is 14.3. The highest BCUT2D eigenvalue weighted by Gasteiger charge is 2.41. The Bertz CT molecular complexity index is 957. The number of hydrogen-bond acceptors (Lipinski definition) is 6. The van der Waals surface area contributed by atoms with Crippen LogP contribution in [0.4, 0.5) is 18.9 Å². The maximum Gasteiger partial charge on any atom is 0.417 e. The molecule has 1 fully saturated rings. The van der Waals surface area contributed by atoms with Crippen LogP contribution in [0.3, 0.4) is 0 Å². The van der Waals surface area contributed by atoms with Crippen LogP contribution in [0.2, 0.25) is 0 Å². The number of sulfonamides is 1. The van der Waals surface area contributed by atoms with Gasteiger partial charge in [0.05, 0.1) is 23.6 Å². The van der Waals surface area contributed by atoms with Crippen LogP contribution in [0, 0.1) is 10.1 Å². The van der Waals surface area contributed by atoms with Gasteiger partial charge in [-0.3, -0.25) is 10.1 Å². The van der Waals surface area contributed by atoms with Gasteiger partial charge in [0.25, 0.3) is 5.69 Å². The Morgan fingerprint density at radius 1 is 1.19 bits per heavy atom. The number of ether oxygens (including phenoxy) is 1. The Kier molecular flexibility index (Phi) is 4.78. The molecule has 1 aromatic carbocycles. The molecule has 1 aliphatic rings. The smallest absolute Gasteiger partial charge is 0.417 e. The summed E-state index contributed by atoms with van der Waals surface area (Å²) in [6.45, 7) is -0.200. The van der Waals surface area contributed by atoms with Crippen molar-refractivity contribution in [3.8, 4) is 5.88 Å². The van der Waals surface area contributed by atoms with Gasteiger partial charge in [0.1, 0.15) is 6.10 Å². The van der Waals surface area contributed by atoms with E-state index in [0.29, 0.717) is 6.20 Å². The highest BCUT2D eigenvalue weighted by atomic mass is 32.2. The lowest BCUT2D eigenvalue weighted by atomic mass is 10.2. The largest absolute Gasteiger partial charge is 0.472 e. The SMILES string of the molecule is O=[N+]([O-])c1ccccc1S(=O)(=O)N1CC(Oc2ccc(C(F)(F)F)cn2)C1. The van der Waals surface area contributed by atoms with Crippen LogP contribution in [0.15, 0.2) is 47.5 Å². The zero-order valence-electron chi connectivity index (χ0n) is 13.5. The number of nitrogens with zero attached hydrogens (tertiary/aromatic N) is 3. The lowest BCUT2D eigenvalue weighted by molar-refractivity contribution is -0.387. The first kappa shape index (κ1) is 19.0. The number of aromatic nitrogens is 1. The molecule has 2 aromatic rings. The Morgan fingerprint density at radius 3 is 2.41 bits per heavy atom. The number of nitro benzene ring substituents is 1. The van der Waals surface area contributed by atoms with E-state index in [1.165, 1.54) is 12.1 Å². The van der Waals surface area contributed by atoms with Crippen LogP contribution >= 0.6 is 0 Å². The highest BCUT2D eigenvalue weighted by molar-refractivity contribution is 7.89. The van der Waals surface area contributed by atoms with Gasteiger partial charge >= 0.3 is 6.18 Å². The van der Waals surface area contributed by atoms with E-state index in [1.807, 2.05) is 0 Å². The van der Waals surface area contributed by atoms with Crippen molar-refractivity contribution >= 4 is 15.7 Å². The monoisotopic (exact) mass is 403 g/mol. The Labute approximate surface area is 151 Å². The number of alkyl halides is 3. The first-order valence-electron chi connectivity index (χ1n) is 7.52. The van der Waals surface area contributed by atoms with E-state index < -0.39 is 43.4 Å². The Hall–Kier alpha value is -2.73. The summed E-state index contributed by atoms with van der Waals surface area (Å²) in [5.74, 6) is -0.0734. The van der Waals surface area contributed by atoms with Crippen LogP contribution in [-0.2, 0) is 16.2 Å². The van der Waals surface area contributed by atoms with Crippen LogP contribution in [0.5, 0.6) is 5.88 Å². The molecule has 0 N–H and O–H groups in total. The minimum Gasteiger partial charge on any atom is -0.472 e. The third-order valence-corrected chi connectivity index (χ3v) is 5.72. The molecule has 1 aliphatic heterocycles. The van der Waals surface area contributed by atoms with Gasteiger partial charge in [-0.1, -0.05) is 12.1 Å². The lowest BCUT2D eigenvalue weighted by Crippen LogP contribution is -2.56. The number of hydrogen-bond donors (Lipinski definition) is 0. The first-order valence-corrected chi connectivity index (χ1v) is 8.96. The summed E-state index contributed by atoms with van der Waals surface area (Å²) >= 11 is 0. The fourth-order valence-corrected chi connectivity index (χ4v) is 4.09. The van der Waals surface area contributed by atoms with E-state index >= 15 is 0 Å². The fourth-order valence-electron chi connectivity index (χ4n) is 2.43. The molecule has 144 valence electrons. The molecule has 0 atom stereocenters. The average molecular weight is 403 g/mol. The predicted molar refractivity (Wildman–Crippen MR) is 85.5 cm³/mol. The van der Waals surface area contributed by atoms with Gasteiger partial charge in [-0.05, 0) is 12.1 Å². The molecule has 0 bridgehead atoms. The molecular weight excluding hydrogens is 391 g/mol. The van der Waals surface area contributed by atoms with E-state index in [0.717, 1.165) is 28.6 Å². The number of benzene rings is 1. The molecule has 0 radical (unpaired) electrons. The van der Waals surface area contributed by atoms with Crippen molar-refractivity contribution in [1.82, 2.24) is 9.29 Å². The third-order valence-electron chi connectivity index (χ3n) is 3.85. The molecule has 12 heteroatoms. The van der Waals surface area contributed by atoms with Crippen molar-refractivity contribution in [3.63, 3.8) is 0 Å². The summed E-state index contributed by atoms with van der Waals surface area (Å²) < 4.78 is 68.8. The fraction of sp³-hybridized carbons (Fsp3) is 0.267. The highest BCUT2D eigenvalue weighted by Crippen LogP contribution is 2.31. The number of nitro groups is 1. The number of halogens is 3. The molecule has 0 aliphatic carbocycles. The van der Waals surface area contributed by atoms with Gasteiger partial charge in [0.2, 0.25) is 15.9 Å². The number of pyridine rings is 1. The minimum atomic E-state index is -4.52. The maximum atomic E-state index is 12.5. The molecule has 0 unspecified atom stereocenters. The summed E-state index contributed by atoms with van der Waals surface area (Å²) in [5.41, 5.74) is -1.46. The van der Waals surface area contributed by atoms with Crippen LogP contribution in [-0.4, -0.2) is 41.8 Å². The van der Waals surface area contributed by atoms with E-state index in [2.05, 4.69) is 4.98 Å². The molecule has 8 nitrogen and oxygen atoms in total. The summed E-state index contributed by atoms with van der Waals surface area (Å²) in [4.78, 5) is 13.3. The molecule has 1 aromatic heterocycles. The topological polar surface area (TPSA) is 103 Å². The molecule has 0 saturated carbocycles. The average Bonchev–Trinajstić information content (AvgIpc) is 2.57. The zero-order chi connectivity index (χ0) is 19.8. The normalized spacial score (nSPS) is 16.0. The molecule has 0 amide bonds. The van der Waals surface area contributed by atoms with Crippen molar-refractivity contribution in [3.05, 3.63) is 58.3 Å². The van der Waals surface area contributed by atoms with Crippen LogP contribution in [0.25, 0.3) is 0 Å². The molecular formula is C15H12F3N3O5S. The van der Waals surface area contributed by atoms with E-state index in [1.54, 1.807) is 0 Å². The van der Waals surface area contributed by atoms with Gasteiger partial charge in [0.15, 0.2) is 4.90 Å². The quantitative estimate of drug-likeness (QED) is 0.561. The van der Waals surface area contributed by atoms with Gasteiger partial charge in [-0.2, -0.15) is 17.5 Å². The first-order chi connectivity index (χ1) is 12.6. The Balaban J connectivity index is 1.66. The van der Waals surface area contributed by atoms with Crippen LogP contribution < -0.4 is 4.74 Å². The van der Waals surface area contributed by atoms with E-state index in [9.17, 15) is 31.7 Å². The lowest BCUT2D eigenvalue weighted by Gasteiger charge is -2.37. The summed E-state index contributed by atoms with van der Waals surface area (Å²) in [6, 6.07) is 6.81. The van der Waals surface area contributed by atoms with Gasteiger partial charge in [-0.15, -0.1) is 0 Å². The second kappa shape index (κ2) is 6.78. The van der Waals surface area contributed by atoms with Gasteiger partial charge in [-0.25, -0.2) is 13.4 Å². The van der Waals surface area contributed by atoms with Gasteiger partial charge < -0.3 is 4.74 Å². The number of rotatable bonds is 5. The minimum absolute atomic E-state index is 0.0734. The Morgan fingerprint density at radius 2 is 1.85 bits per heavy atom. The summed E-state index contributed by atoms with van der Waals surface area (Å²) in [7, 11) is -4.09. The second-order valence-electron chi connectivity index (χ2n) is 5.67. The second-order valence-corrected chi connectivity index (χ2v) is 7.58. The summed E-state index contributed by atoms with van der Waals surface area (Å²) in [6.07, 6.45) is -4.51. The van der Waals surface area contributed by atoms with Crippen molar-refractivity contribution in [2.75, 3.05) is 13.1 Å². The molecule has 0 spiro atoms. The molecule has 2 heterocycles. The van der Waals surface area contributed by atoms with E-state index in [-0.39, 0.29) is 19.0 Å².